The Morgan fingerprint density at radius 1 is 1.07 bits per heavy atom. The van der Waals surface area contributed by atoms with Gasteiger partial charge >= 0.3 is 23.5 Å². The van der Waals surface area contributed by atoms with Crippen LogP contribution in [0.5, 0.6) is 0 Å². The molecule has 2 aromatic heterocycles. The van der Waals surface area contributed by atoms with Crippen LogP contribution < -0.4 is 16.4 Å². The van der Waals surface area contributed by atoms with Crippen molar-refractivity contribution in [3.63, 3.8) is 0 Å². The van der Waals surface area contributed by atoms with Gasteiger partial charge in [0.15, 0.2) is 22.8 Å². The van der Waals surface area contributed by atoms with Crippen molar-refractivity contribution in [1.82, 2.24) is 30.2 Å². The molecule has 0 aliphatic carbocycles. The van der Waals surface area contributed by atoms with Gasteiger partial charge in [0.1, 0.15) is 36.3 Å². The molecule has 28 heteroatoms. The summed E-state index contributed by atoms with van der Waals surface area (Å²) in [5.41, 5.74) is 4.26. The van der Waals surface area contributed by atoms with Crippen LogP contribution in [0.15, 0.2) is 24.8 Å². The molecule has 0 radical (unpaired) electrons. The maximum atomic E-state index is 12.7. The summed E-state index contributed by atoms with van der Waals surface area (Å²) < 4.78 is 62.0. The van der Waals surface area contributed by atoms with Gasteiger partial charge in [0, 0.05) is 37.1 Å². The topological polar surface area (TPSA) is 364 Å². The van der Waals surface area contributed by atoms with E-state index in [1.165, 1.54) is 13.8 Å². The van der Waals surface area contributed by atoms with Crippen LogP contribution in [-0.2, 0) is 50.7 Å². The lowest BCUT2D eigenvalue weighted by Crippen LogP contribution is -2.46. The first-order valence-electron chi connectivity index (χ1n) is 16.3. The molecular weight excluding hydrogens is 819 g/mol. The average molecular weight is 864 g/mol. The van der Waals surface area contributed by atoms with E-state index in [-0.39, 0.29) is 48.0 Å². The lowest BCUT2D eigenvalue weighted by Gasteiger charge is -2.30. The molecule has 7 atom stereocenters. The van der Waals surface area contributed by atoms with Gasteiger partial charge in [-0.3, -0.25) is 32.5 Å². The number of nitrogen functional groups attached to an aromatic ring is 1. The third-order valence-electron chi connectivity index (χ3n) is 7.45. The smallest absolute Gasteiger partial charge is 0.386 e. The van der Waals surface area contributed by atoms with Crippen molar-refractivity contribution in [2.45, 2.75) is 70.7 Å². The average Bonchev–Trinajstić information content (AvgIpc) is 3.64. The van der Waals surface area contributed by atoms with E-state index in [1.54, 1.807) is 6.08 Å². The molecular formula is C27H44N7O17P3S. The predicted octanol–water partition coefficient (Wildman–Crippen LogP) is 0.0210. The Kier molecular flexibility index (Phi) is 17.1. The summed E-state index contributed by atoms with van der Waals surface area (Å²) in [6.45, 7) is 2.45. The molecule has 2 aromatic rings. The van der Waals surface area contributed by atoms with Crippen molar-refractivity contribution in [2.75, 3.05) is 37.8 Å². The number of aromatic nitrogens is 4. The van der Waals surface area contributed by atoms with Gasteiger partial charge in [-0.1, -0.05) is 44.7 Å². The van der Waals surface area contributed by atoms with E-state index in [1.807, 2.05) is 13.0 Å². The number of nitrogens with one attached hydrogen (secondary N) is 2. The Balaban J connectivity index is 1.49. The highest BCUT2D eigenvalue weighted by molar-refractivity contribution is 8.13. The van der Waals surface area contributed by atoms with Crippen LogP contribution in [0.4, 0.5) is 5.82 Å². The zero-order valence-electron chi connectivity index (χ0n) is 29.6. The number of thioether (sulfide) groups is 1. The lowest BCUT2D eigenvalue weighted by molar-refractivity contribution is -0.137. The number of carbonyl (C=O) groups excluding carboxylic acids is 3. The van der Waals surface area contributed by atoms with Crippen molar-refractivity contribution in [3.05, 3.63) is 24.8 Å². The molecule has 1 aliphatic heterocycles. The van der Waals surface area contributed by atoms with E-state index in [0.29, 0.717) is 5.75 Å². The van der Waals surface area contributed by atoms with Gasteiger partial charge in [-0.05, 0) is 6.42 Å². The zero-order chi connectivity index (χ0) is 41.2. The van der Waals surface area contributed by atoms with Crippen molar-refractivity contribution in [3.8, 4) is 0 Å². The monoisotopic (exact) mass is 863 g/mol. The fraction of sp³-hybridized carbons (Fsp3) is 0.630. The maximum absolute atomic E-state index is 12.7. The first-order chi connectivity index (χ1) is 25.6. The Hall–Kier alpha value is -2.70. The van der Waals surface area contributed by atoms with Gasteiger partial charge in [0.05, 0.1) is 19.5 Å². The summed E-state index contributed by atoms with van der Waals surface area (Å²) in [6.07, 6.45) is -2.16. The maximum Gasteiger partial charge on any atom is 0.481 e. The number of fused-ring (bicyclic) bond motifs is 1. The van der Waals surface area contributed by atoms with Crippen molar-refractivity contribution in [2.24, 2.45) is 5.41 Å². The quantitative estimate of drug-likeness (QED) is 0.0428. The van der Waals surface area contributed by atoms with Crippen LogP contribution in [0.1, 0.15) is 46.3 Å². The van der Waals surface area contributed by atoms with Crippen molar-refractivity contribution < 1.29 is 80.5 Å². The number of allylic oxidation sites excluding steroid dienone is 2. The molecule has 3 rings (SSSR count). The highest BCUT2D eigenvalue weighted by Crippen LogP contribution is 2.61. The van der Waals surface area contributed by atoms with E-state index in [0.717, 1.165) is 35.4 Å². The molecule has 55 heavy (non-hydrogen) atoms. The highest BCUT2D eigenvalue weighted by atomic mass is 32.2. The molecule has 10 N–H and O–H groups in total. The number of ether oxygens (including phenoxy) is 1. The SMILES string of the molecule is CC/C=C/CC(=O)SCCNC(=O)CCNC(=O)C(O)C(C)(C)COP(=O)(O)OP(=O)(O)OC[C@H]1O[C@@H](n2cnc3c(N)ncnc32)[C@H](O)[C@@H]1OP(=O)(O)O. The standard InChI is InChI=1S/C27H44N7O17P3S/c1-4-5-6-7-18(36)55-11-10-29-17(35)8-9-30-25(39)22(38)27(2,3)13-48-54(45,46)51-53(43,44)47-12-16-21(50-52(40,41)42)20(37)26(49-16)34-15-33-19-23(28)31-14-32-24(19)34/h5-6,14-16,20-22,26,37-38H,4,7-13H2,1-3H3,(H,29,35)(H,30,39)(H,43,44)(H,45,46)(H2,28,31,32)(H2,40,41,42)/b6-5+/t16-,20-,21-,22?,26-/m1/s1. The van der Waals surface area contributed by atoms with E-state index >= 15 is 0 Å². The number of nitrogens with zero attached hydrogens (tertiary/aromatic N) is 4. The van der Waals surface area contributed by atoms with Gasteiger partial charge in [0.25, 0.3) is 0 Å². The number of amides is 2. The number of hydrogen-bond donors (Lipinski definition) is 9. The summed E-state index contributed by atoms with van der Waals surface area (Å²) in [4.78, 5) is 87.2. The minimum atomic E-state index is -5.57. The minimum Gasteiger partial charge on any atom is -0.386 e. The first-order valence-corrected chi connectivity index (χ1v) is 21.8. The number of aliphatic hydroxyl groups excluding tert-OH is 2. The van der Waals surface area contributed by atoms with Crippen LogP contribution >= 0.6 is 35.2 Å². The predicted molar refractivity (Wildman–Crippen MR) is 191 cm³/mol. The molecule has 1 aliphatic rings. The second-order valence-electron chi connectivity index (χ2n) is 12.4. The molecule has 0 saturated carbocycles. The second-order valence-corrected chi connectivity index (χ2v) is 17.8. The fourth-order valence-corrected chi connectivity index (χ4v) is 8.18. The molecule has 310 valence electrons. The number of anilines is 1. The van der Waals surface area contributed by atoms with Gasteiger partial charge < -0.3 is 50.9 Å². The minimum absolute atomic E-state index is 0.0306. The lowest BCUT2D eigenvalue weighted by atomic mass is 9.87. The third kappa shape index (κ3) is 14.6. The molecule has 2 amide bonds. The number of aliphatic hydroxyl groups is 2. The summed E-state index contributed by atoms with van der Waals surface area (Å²) in [5.74, 6) is -1.10. The van der Waals surface area contributed by atoms with Gasteiger partial charge in [-0.15, -0.1) is 0 Å². The molecule has 0 aromatic carbocycles. The number of phosphoric ester groups is 3. The molecule has 0 spiro atoms. The normalized spacial score (nSPS) is 22.0. The zero-order valence-corrected chi connectivity index (χ0v) is 33.1. The van der Waals surface area contributed by atoms with E-state index in [9.17, 15) is 57.9 Å². The molecule has 24 nitrogen and oxygen atoms in total. The number of hydrogen-bond acceptors (Lipinski definition) is 18. The van der Waals surface area contributed by atoms with Crippen LogP contribution in [0.25, 0.3) is 11.2 Å². The summed E-state index contributed by atoms with van der Waals surface area (Å²) in [5, 5.41) is 26.3. The van der Waals surface area contributed by atoms with Crippen LogP contribution in [-0.4, -0.2) is 123 Å². The Labute approximate surface area is 318 Å². The molecule has 0 bridgehead atoms. The Morgan fingerprint density at radius 2 is 1.76 bits per heavy atom. The van der Waals surface area contributed by atoms with Crippen molar-refractivity contribution in [1.29, 1.82) is 0 Å². The van der Waals surface area contributed by atoms with Gasteiger partial charge in [0.2, 0.25) is 11.8 Å². The summed E-state index contributed by atoms with van der Waals surface area (Å²) >= 11 is 1.07. The van der Waals surface area contributed by atoms with Crippen LogP contribution in [0.3, 0.4) is 0 Å². The first kappa shape index (κ1) is 46.7. The highest BCUT2D eigenvalue weighted by Gasteiger charge is 2.50. The van der Waals surface area contributed by atoms with Gasteiger partial charge in [-0.2, -0.15) is 4.31 Å². The van der Waals surface area contributed by atoms with Gasteiger partial charge in [-0.25, -0.2) is 28.6 Å². The number of phosphoric acid groups is 3. The third-order valence-corrected chi connectivity index (χ3v) is 11.4. The Morgan fingerprint density at radius 3 is 2.44 bits per heavy atom. The van der Waals surface area contributed by atoms with Crippen LogP contribution in [0.2, 0.25) is 0 Å². The van der Waals surface area contributed by atoms with E-state index in [2.05, 4.69) is 34.4 Å². The fourth-order valence-electron chi connectivity index (χ4n) is 4.70. The number of imidazole rings is 1. The number of carbonyl (C=O) groups is 3. The number of rotatable bonds is 22. The summed E-state index contributed by atoms with van der Waals surface area (Å²) in [6, 6.07) is 0. The summed E-state index contributed by atoms with van der Waals surface area (Å²) in [7, 11) is -16.4. The van der Waals surface area contributed by atoms with Crippen molar-refractivity contribution >= 4 is 69.1 Å². The molecule has 1 saturated heterocycles. The molecule has 3 heterocycles. The molecule has 3 unspecified atom stereocenters. The molecule has 1 fully saturated rings. The Bertz CT molecular complexity index is 1830. The van der Waals surface area contributed by atoms with E-state index in [4.69, 9.17) is 19.5 Å². The van der Waals surface area contributed by atoms with E-state index < -0.39 is 84.6 Å². The van der Waals surface area contributed by atoms with Crippen LogP contribution in [0, 0.1) is 5.41 Å². The largest absolute Gasteiger partial charge is 0.481 e. The second kappa shape index (κ2) is 20.1. The number of nitrogens with two attached hydrogens (primary N) is 1.